The van der Waals surface area contributed by atoms with Gasteiger partial charge in [-0.2, -0.15) is 0 Å². The first kappa shape index (κ1) is 17.2. The average Bonchev–Trinajstić information content (AvgIpc) is 2.95. The number of ether oxygens (including phenoxy) is 1. The molecule has 0 bridgehead atoms. The van der Waals surface area contributed by atoms with Crippen LogP contribution in [0.4, 0.5) is 20.0 Å². The number of carbonyl (C=O) groups is 2. The van der Waals surface area contributed by atoms with Crippen LogP contribution in [0.3, 0.4) is 0 Å². The van der Waals surface area contributed by atoms with Crippen molar-refractivity contribution in [1.82, 2.24) is 10.2 Å². The highest BCUT2D eigenvalue weighted by atomic mass is 32.2. The smallest absolute Gasteiger partial charge is 0.325 e. The Labute approximate surface area is 139 Å². The SMILES string of the molecule is COC(=O)[C@@H](C)Sc1nnc(NC(=O)Nc2ccc(F)cc2)s1. The fraction of sp³-hybridized carbons (Fsp3) is 0.231. The third-order valence-corrected chi connectivity index (χ3v) is 4.54. The maximum atomic E-state index is 12.8. The van der Waals surface area contributed by atoms with Gasteiger partial charge in [0.1, 0.15) is 11.1 Å². The molecule has 0 aliphatic heterocycles. The molecule has 1 heterocycles. The number of halogens is 1. The molecule has 2 aromatic rings. The topological polar surface area (TPSA) is 93.2 Å². The van der Waals surface area contributed by atoms with Crippen LogP contribution in [0.5, 0.6) is 0 Å². The minimum atomic E-state index is -0.523. The molecule has 122 valence electrons. The summed E-state index contributed by atoms with van der Waals surface area (Å²) in [7, 11) is 1.31. The standard InChI is InChI=1S/C13H13FN4O3S2/c1-7(10(19)21-2)22-13-18-17-12(23-13)16-11(20)15-9-5-3-8(14)4-6-9/h3-7H,1-2H3,(H2,15,16,17,20)/t7-/m1/s1. The van der Waals surface area contributed by atoms with Crippen molar-refractivity contribution in [2.45, 2.75) is 16.5 Å². The molecule has 1 aromatic carbocycles. The van der Waals surface area contributed by atoms with Crippen molar-refractivity contribution in [1.29, 1.82) is 0 Å². The van der Waals surface area contributed by atoms with Crippen molar-refractivity contribution in [2.24, 2.45) is 0 Å². The number of hydrogen-bond donors (Lipinski definition) is 2. The lowest BCUT2D eigenvalue weighted by Gasteiger charge is -2.05. The molecule has 0 aliphatic rings. The number of amides is 2. The number of nitrogens with zero attached hydrogens (tertiary/aromatic N) is 2. The number of rotatable bonds is 5. The highest BCUT2D eigenvalue weighted by Gasteiger charge is 2.18. The van der Waals surface area contributed by atoms with E-state index in [0.717, 1.165) is 11.3 Å². The molecule has 1 aromatic heterocycles. The zero-order valence-corrected chi connectivity index (χ0v) is 13.8. The lowest BCUT2D eigenvalue weighted by Crippen LogP contribution is -2.19. The van der Waals surface area contributed by atoms with E-state index in [1.165, 1.54) is 43.1 Å². The quantitative estimate of drug-likeness (QED) is 0.486. The first-order valence-corrected chi connectivity index (χ1v) is 8.09. The lowest BCUT2D eigenvalue weighted by molar-refractivity contribution is -0.139. The summed E-state index contributed by atoms with van der Waals surface area (Å²) in [5, 5.41) is 12.6. The van der Waals surface area contributed by atoms with Crippen LogP contribution >= 0.6 is 23.1 Å². The van der Waals surface area contributed by atoms with Crippen molar-refractivity contribution in [3.8, 4) is 0 Å². The van der Waals surface area contributed by atoms with Crippen molar-refractivity contribution in [3.63, 3.8) is 0 Å². The van der Waals surface area contributed by atoms with E-state index in [4.69, 9.17) is 0 Å². The average molecular weight is 356 g/mol. The van der Waals surface area contributed by atoms with Gasteiger partial charge >= 0.3 is 12.0 Å². The molecule has 2 rings (SSSR count). The lowest BCUT2D eigenvalue weighted by atomic mass is 10.3. The Kier molecular flexibility index (Phi) is 5.88. The van der Waals surface area contributed by atoms with Crippen LogP contribution in [-0.2, 0) is 9.53 Å². The van der Waals surface area contributed by atoms with Gasteiger partial charge in [0, 0.05) is 5.69 Å². The highest BCUT2D eigenvalue weighted by molar-refractivity contribution is 8.02. The molecule has 0 fully saturated rings. The molecule has 0 aliphatic carbocycles. The summed E-state index contributed by atoms with van der Waals surface area (Å²) < 4.78 is 17.9. The number of carbonyl (C=O) groups excluding carboxylic acids is 2. The van der Waals surface area contributed by atoms with Crippen LogP contribution in [0, 0.1) is 5.82 Å². The molecule has 1 atom stereocenters. The molecular weight excluding hydrogens is 343 g/mol. The summed E-state index contributed by atoms with van der Waals surface area (Å²) in [6.45, 7) is 1.69. The molecule has 7 nitrogen and oxygen atoms in total. The van der Waals surface area contributed by atoms with Crippen LogP contribution < -0.4 is 10.6 Å². The van der Waals surface area contributed by atoms with E-state index in [9.17, 15) is 14.0 Å². The molecule has 10 heteroatoms. The van der Waals surface area contributed by atoms with E-state index in [1.54, 1.807) is 6.92 Å². The molecule has 0 unspecified atom stereocenters. The van der Waals surface area contributed by atoms with Gasteiger partial charge in [-0.1, -0.05) is 23.1 Å². The molecule has 0 saturated carbocycles. The van der Waals surface area contributed by atoms with Gasteiger partial charge in [0.15, 0.2) is 4.34 Å². The van der Waals surface area contributed by atoms with Gasteiger partial charge in [0.05, 0.1) is 7.11 Å². The number of nitrogens with one attached hydrogen (secondary N) is 2. The predicted octanol–water partition coefficient (Wildman–Crippen LogP) is 2.97. The molecule has 0 radical (unpaired) electrons. The molecule has 2 amide bonds. The van der Waals surface area contributed by atoms with Crippen molar-refractivity contribution in [2.75, 3.05) is 17.7 Å². The Morgan fingerprint density at radius 3 is 2.61 bits per heavy atom. The van der Waals surface area contributed by atoms with Crippen molar-refractivity contribution >= 4 is 45.9 Å². The predicted molar refractivity (Wildman–Crippen MR) is 86.3 cm³/mol. The molecule has 2 N–H and O–H groups in total. The Morgan fingerprint density at radius 2 is 1.96 bits per heavy atom. The summed E-state index contributed by atoms with van der Waals surface area (Å²) in [5.74, 6) is -0.754. The highest BCUT2D eigenvalue weighted by Crippen LogP contribution is 2.29. The Bertz CT molecular complexity index is 693. The molecule has 23 heavy (non-hydrogen) atoms. The number of benzene rings is 1. The number of anilines is 2. The molecular formula is C13H13FN4O3S2. The fourth-order valence-corrected chi connectivity index (χ4v) is 3.38. The summed E-state index contributed by atoms with van der Waals surface area (Å²) in [5.41, 5.74) is 0.447. The minimum Gasteiger partial charge on any atom is -0.468 e. The Hall–Kier alpha value is -2.20. The zero-order valence-electron chi connectivity index (χ0n) is 12.2. The molecule has 0 saturated heterocycles. The van der Waals surface area contributed by atoms with Crippen LogP contribution in [0.2, 0.25) is 0 Å². The number of thioether (sulfide) groups is 1. The zero-order chi connectivity index (χ0) is 16.8. The van der Waals surface area contributed by atoms with E-state index in [-0.39, 0.29) is 16.9 Å². The van der Waals surface area contributed by atoms with Gasteiger partial charge < -0.3 is 10.1 Å². The summed E-state index contributed by atoms with van der Waals surface area (Å²) in [6, 6.07) is 4.83. The number of aromatic nitrogens is 2. The fourth-order valence-electron chi connectivity index (χ4n) is 1.47. The number of urea groups is 1. The van der Waals surface area contributed by atoms with Gasteiger partial charge in [-0.25, -0.2) is 9.18 Å². The maximum absolute atomic E-state index is 12.8. The monoisotopic (exact) mass is 356 g/mol. The summed E-state index contributed by atoms with van der Waals surface area (Å²) >= 11 is 2.32. The minimum absolute atomic E-state index is 0.282. The van der Waals surface area contributed by atoms with Crippen molar-refractivity contribution < 1.29 is 18.7 Å². The third kappa shape index (κ3) is 5.18. The second kappa shape index (κ2) is 7.88. The van der Waals surface area contributed by atoms with Gasteiger partial charge in [-0.3, -0.25) is 10.1 Å². The largest absolute Gasteiger partial charge is 0.468 e. The third-order valence-electron chi connectivity index (χ3n) is 2.54. The van der Waals surface area contributed by atoms with Gasteiger partial charge in [-0.15, -0.1) is 10.2 Å². The van der Waals surface area contributed by atoms with Gasteiger partial charge in [0.2, 0.25) is 5.13 Å². The second-order valence-electron chi connectivity index (χ2n) is 4.24. The second-order valence-corrected chi connectivity index (χ2v) is 6.81. The number of hydrogen-bond acceptors (Lipinski definition) is 7. The normalized spacial score (nSPS) is 11.6. The number of methoxy groups -OCH3 is 1. The van der Waals surface area contributed by atoms with Gasteiger partial charge in [-0.05, 0) is 31.2 Å². The van der Waals surface area contributed by atoms with Crippen molar-refractivity contribution in [3.05, 3.63) is 30.1 Å². The van der Waals surface area contributed by atoms with E-state index >= 15 is 0 Å². The summed E-state index contributed by atoms with van der Waals surface area (Å²) in [6.07, 6.45) is 0. The first-order valence-electron chi connectivity index (χ1n) is 6.39. The Morgan fingerprint density at radius 1 is 1.26 bits per heavy atom. The van der Waals surface area contributed by atoms with Crippen LogP contribution in [-0.4, -0.2) is 34.6 Å². The maximum Gasteiger partial charge on any atom is 0.325 e. The molecule has 0 spiro atoms. The van der Waals surface area contributed by atoms with E-state index < -0.39 is 11.3 Å². The first-order chi connectivity index (χ1) is 11.0. The Balaban J connectivity index is 1.89. The van der Waals surface area contributed by atoms with Gasteiger partial charge in [0.25, 0.3) is 0 Å². The van der Waals surface area contributed by atoms with Crippen LogP contribution in [0.15, 0.2) is 28.6 Å². The van der Waals surface area contributed by atoms with E-state index in [1.807, 2.05) is 0 Å². The van der Waals surface area contributed by atoms with Crippen LogP contribution in [0.25, 0.3) is 0 Å². The number of esters is 1. The van der Waals surface area contributed by atoms with E-state index in [0.29, 0.717) is 10.0 Å². The van der Waals surface area contributed by atoms with E-state index in [2.05, 4.69) is 25.6 Å². The van der Waals surface area contributed by atoms with Crippen LogP contribution in [0.1, 0.15) is 6.92 Å². The summed E-state index contributed by atoms with van der Waals surface area (Å²) in [4.78, 5) is 23.1.